The van der Waals surface area contributed by atoms with E-state index < -0.39 is 17.7 Å². The van der Waals surface area contributed by atoms with Gasteiger partial charge in [-0.3, -0.25) is 15.0 Å². The average molecular weight is 483 g/mol. The van der Waals surface area contributed by atoms with Gasteiger partial charge in [-0.2, -0.15) is 0 Å². The molecule has 0 spiro atoms. The van der Waals surface area contributed by atoms with Crippen molar-refractivity contribution in [2.45, 2.75) is 5.72 Å². The number of anilines is 2. The average Bonchev–Trinajstić information content (AvgIpc) is 3.29. The van der Waals surface area contributed by atoms with E-state index in [2.05, 4.69) is 20.0 Å². The van der Waals surface area contributed by atoms with Gasteiger partial charge < -0.3 is 14.8 Å². The maximum Gasteiger partial charge on any atom is 0.413 e. The Balaban J connectivity index is 1.69. The number of nitrogens with zero attached hydrogens (tertiary/aromatic N) is 2. The SMILES string of the molecule is COC(=O)Nc1nc2ccc(C3(O)c4ccccc4C(=O)N3c3cc(Cl)cc(Cl)c3)cc2[nH]1. The van der Waals surface area contributed by atoms with Gasteiger partial charge in [-0.25, -0.2) is 9.78 Å². The summed E-state index contributed by atoms with van der Waals surface area (Å²) in [6.45, 7) is 0. The highest BCUT2D eigenvalue weighted by Crippen LogP contribution is 2.46. The lowest BCUT2D eigenvalue weighted by atomic mass is 9.93. The van der Waals surface area contributed by atoms with E-state index in [4.69, 9.17) is 23.2 Å². The number of H-pyrrole nitrogens is 1. The van der Waals surface area contributed by atoms with Crippen molar-refractivity contribution in [3.05, 3.63) is 87.4 Å². The van der Waals surface area contributed by atoms with Crippen LogP contribution in [0.2, 0.25) is 10.0 Å². The topological polar surface area (TPSA) is 108 Å². The fraction of sp³-hybridized carbons (Fsp3) is 0.0870. The van der Waals surface area contributed by atoms with E-state index in [0.717, 1.165) is 0 Å². The number of hydrogen-bond donors (Lipinski definition) is 3. The van der Waals surface area contributed by atoms with Crippen LogP contribution in [0.5, 0.6) is 0 Å². The molecule has 1 aromatic heterocycles. The van der Waals surface area contributed by atoms with Gasteiger partial charge >= 0.3 is 6.09 Å². The third-order valence-electron chi connectivity index (χ3n) is 5.46. The molecule has 1 atom stereocenters. The molecule has 0 bridgehead atoms. The maximum atomic E-state index is 13.4. The molecule has 0 saturated carbocycles. The first kappa shape index (κ1) is 21.3. The number of ether oxygens (including phenoxy) is 1. The molecule has 0 aliphatic carbocycles. The number of benzene rings is 3. The van der Waals surface area contributed by atoms with Crippen LogP contribution in [-0.4, -0.2) is 34.2 Å². The molecule has 1 unspecified atom stereocenters. The van der Waals surface area contributed by atoms with Crippen LogP contribution in [0.1, 0.15) is 21.5 Å². The first-order valence-electron chi connectivity index (χ1n) is 9.79. The number of carbonyl (C=O) groups excluding carboxylic acids is 2. The number of aromatic nitrogens is 2. The van der Waals surface area contributed by atoms with Crippen LogP contribution >= 0.6 is 23.2 Å². The molecule has 5 rings (SSSR count). The largest absolute Gasteiger partial charge is 0.453 e. The molecular formula is C23H16Cl2N4O4. The Kier molecular flexibility index (Phi) is 5.01. The summed E-state index contributed by atoms with van der Waals surface area (Å²) in [5, 5.41) is 15.2. The highest BCUT2D eigenvalue weighted by Gasteiger charge is 2.50. The molecule has 3 N–H and O–H groups in total. The minimum absolute atomic E-state index is 0.183. The van der Waals surface area contributed by atoms with Crippen LogP contribution in [-0.2, 0) is 10.5 Å². The quantitative estimate of drug-likeness (QED) is 0.384. The monoisotopic (exact) mass is 482 g/mol. The van der Waals surface area contributed by atoms with Crippen molar-refractivity contribution < 1.29 is 19.4 Å². The normalized spacial score (nSPS) is 17.3. The lowest BCUT2D eigenvalue weighted by Crippen LogP contribution is -2.45. The number of halogens is 2. The fourth-order valence-corrected chi connectivity index (χ4v) is 4.57. The van der Waals surface area contributed by atoms with Crippen molar-refractivity contribution in [2.24, 2.45) is 0 Å². The highest BCUT2D eigenvalue weighted by atomic mass is 35.5. The van der Waals surface area contributed by atoms with Crippen molar-refractivity contribution in [3.63, 3.8) is 0 Å². The van der Waals surface area contributed by atoms with Gasteiger partial charge in [0.1, 0.15) is 0 Å². The molecule has 4 aromatic rings. The molecule has 0 saturated heterocycles. The standard InChI is InChI=1S/C23H16Cl2N4O4/c1-33-22(31)28-21-26-18-7-6-12(8-19(18)27-21)23(32)17-5-3-2-4-16(17)20(30)29(23)15-10-13(24)9-14(25)11-15/h2-11,32H,1H3,(H2,26,27,28,31). The van der Waals surface area contributed by atoms with Gasteiger partial charge in [0.05, 0.1) is 23.8 Å². The molecule has 8 nitrogen and oxygen atoms in total. The molecule has 166 valence electrons. The number of aromatic amines is 1. The zero-order chi connectivity index (χ0) is 23.3. The van der Waals surface area contributed by atoms with Crippen LogP contribution in [0, 0.1) is 0 Å². The third-order valence-corrected chi connectivity index (χ3v) is 5.89. The van der Waals surface area contributed by atoms with E-state index in [9.17, 15) is 14.7 Å². The van der Waals surface area contributed by atoms with E-state index in [1.165, 1.54) is 12.0 Å². The van der Waals surface area contributed by atoms with Crippen molar-refractivity contribution in [2.75, 3.05) is 17.3 Å². The Morgan fingerprint density at radius 1 is 1.12 bits per heavy atom. The molecule has 0 fully saturated rings. The fourth-order valence-electron chi connectivity index (χ4n) is 4.05. The van der Waals surface area contributed by atoms with Gasteiger partial charge in [-0.15, -0.1) is 0 Å². The zero-order valence-corrected chi connectivity index (χ0v) is 18.6. The van der Waals surface area contributed by atoms with Crippen molar-refractivity contribution in [1.82, 2.24) is 9.97 Å². The summed E-state index contributed by atoms with van der Waals surface area (Å²) in [5.74, 6) is -0.216. The Hall–Kier alpha value is -3.59. The molecule has 2 heterocycles. The summed E-state index contributed by atoms with van der Waals surface area (Å²) in [7, 11) is 1.25. The van der Waals surface area contributed by atoms with Crippen LogP contribution in [0.3, 0.4) is 0 Å². The number of carbonyl (C=O) groups is 2. The molecule has 2 amide bonds. The van der Waals surface area contributed by atoms with Gasteiger partial charge in [-0.1, -0.05) is 47.5 Å². The summed E-state index contributed by atoms with van der Waals surface area (Å²) in [4.78, 5) is 33.5. The first-order valence-corrected chi connectivity index (χ1v) is 10.5. The molecule has 1 aliphatic rings. The van der Waals surface area contributed by atoms with Gasteiger partial charge in [0.2, 0.25) is 5.95 Å². The van der Waals surface area contributed by atoms with Crippen molar-refractivity contribution in [1.29, 1.82) is 0 Å². The number of rotatable bonds is 3. The first-order chi connectivity index (χ1) is 15.8. The van der Waals surface area contributed by atoms with Crippen molar-refractivity contribution >= 4 is 57.9 Å². The summed E-state index contributed by atoms with van der Waals surface area (Å²) in [6, 6.07) is 16.5. The van der Waals surface area contributed by atoms with Crippen LogP contribution in [0.25, 0.3) is 11.0 Å². The van der Waals surface area contributed by atoms with E-state index in [0.29, 0.717) is 43.5 Å². The maximum absolute atomic E-state index is 13.4. The second kappa shape index (κ2) is 7.77. The third kappa shape index (κ3) is 3.39. The second-order valence-corrected chi connectivity index (χ2v) is 8.29. The number of imidazole rings is 1. The zero-order valence-electron chi connectivity index (χ0n) is 17.1. The molecule has 0 radical (unpaired) electrons. The minimum Gasteiger partial charge on any atom is -0.453 e. The molecule has 33 heavy (non-hydrogen) atoms. The summed E-state index contributed by atoms with van der Waals surface area (Å²) < 4.78 is 4.59. The number of fused-ring (bicyclic) bond motifs is 2. The Morgan fingerprint density at radius 2 is 1.85 bits per heavy atom. The van der Waals surface area contributed by atoms with Gasteiger partial charge in [0.25, 0.3) is 5.91 Å². The highest BCUT2D eigenvalue weighted by molar-refractivity contribution is 6.35. The molecular weight excluding hydrogens is 467 g/mol. The number of amides is 2. The van der Waals surface area contributed by atoms with Gasteiger partial charge in [0.15, 0.2) is 5.72 Å². The van der Waals surface area contributed by atoms with Crippen LogP contribution in [0.15, 0.2) is 60.7 Å². The molecule has 3 aromatic carbocycles. The van der Waals surface area contributed by atoms with E-state index in [1.54, 1.807) is 60.7 Å². The Bertz CT molecular complexity index is 1420. The number of aliphatic hydroxyl groups is 1. The lowest BCUT2D eigenvalue weighted by Gasteiger charge is -2.35. The number of hydrogen-bond acceptors (Lipinski definition) is 5. The Morgan fingerprint density at radius 3 is 2.58 bits per heavy atom. The molecule has 10 heteroatoms. The number of methoxy groups -OCH3 is 1. The van der Waals surface area contributed by atoms with E-state index >= 15 is 0 Å². The van der Waals surface area contributed by atoms with Gasteiger partial charge in [-0.05, 0) is 36.4 Å². The summed E-state index contributed by atoms with van der Waals surface area (Å²) in [5.41, 5.74) is 0.743. The van der Waals surface area contributed by atoms with Crippen LogP contribution in [0.4, 0.5) is 16.4 Å². The predicted octanol–water partition coefficient (Wildman–Crippen LogP) is 4.90. The predicted molar refractivity (Wildman–Crippen MR) is 125 cm³/mol. The minimum atomic E-state index is -1.85. The van der Waals surface area contributed by atoms with E-state index in [-0.39, 0.29) is 5.95 Å². The summed E-state index contributed by atoms with van der Waals surface area (Å²) >= 11 is 12.4. The second-order valence-electron chi connectivity index (χ2n) is 7.42. The summed E-state index contributed by atoms with van der Waals surface area (Å²) in [6.07, 6.45) is -0.674. The van der Waals surface area contributed by atoms with Gasteiger partial charge in [0, 0.05) is 26.7 Å². The van der Waals surface area contributed by atoms with E-state index in [1.807, 2.05) is 0 Å². The van der Waals surface area contributed by atoms with Crippen LogP contribution < -0.4 is 10.2 Å². The Labute approximate surface area is 197 Å². The molecule has 1 aliphatic heterocycles. The lowest BCUT2D eigenvalue weighted by molar-refractivity contribution is 0.0704. The smallest absolute Gasteiger partial charge is 0.413 e. The van der Waals surface area contributed by atoms with Crippen molar-refractivity contribution in [3.8, 4) is 0 Å². The number of nitrogens with one attached hydrogen (secondary N) is 2.